The summed E-state index contributed by atoms with van der Waals surface area (Å²) in [5.41, 5.74) is -0.956. The molecule has 2 rings (SSSR count). The molecule has 1 N–H and O–H groups in total. The van der Waals surface area contributed by atoms with Crippen LogP contribution in [-0.2, 0) is 4.74 Å². The van der Waals surface area contributed by atoms with E-state index in [-0.39, 0.29) is 22.6 Å². The van der Waals surface area contributed by atoms with Crippen molar-refractivity contribution in [1.29, 1.82) is 0 Å². The lowest BCUT2D eigenvalue weighted by atomic mass is 10.0. The van der Waals surface area contributed by atoms with Crippen LogP contribution in [0.3, 0.4) is 0 Å². The van der Waals surface area contributed by atoms with Crippen LogP contribution in [0.25, 0.3) is 0 Å². The molecular weight excluding hydrogens is 398 g/mol. The standard InChI is InChI=1S/C17H21BrF2N2O3/c1-17(2,3)25-16(24)21-10-5-4-8-22(9-10)15(23)13-11(19)6-7-12(20)14(13)18/h6-7,10H,4-5,8-9H2,1-3H3,(H,21,24)/t10-/m1/s1. The Kier molecular flexibility index (Phi) is 6.03. The van der Waals surface area contributed by atoms with Gasteiger partial charge in [-0.05, 0) is 61.7 Å². The van der Waals surface area contributed by atoms with E-state index in [0.717, 1.165) is 12.1 Å². The van der Waals surface area contributed by atoms with E-state index in [1.54, 1.807) is 20.8 Å². The second-order valence-electron chi connectivity index (χ2n) is 6.95. The lowest BCUT2D eigenvalue weighted by Gasteiger charge is -2.34. The Morgan fingerprint density at radius 2 is 1.92 bits per heavy atom. The maximum Gasteiger partial charge on any atom is 0.407 e. The molecule has 1 saturated heterocycles. The summed E-state index contributed by atoms with van der Waals surface area (Å²) < 4.78 is 32.6. The number of alkyl carbamates (subject to hydrolysis) is 1. The van der Waals surface area contributed by atoms with Crippen LogP contribution in [0.15, 0.2) is 16.6 Å². The predicted octanol–water partition coefficient (Wildman–Crippen LogP) is 3.86. The van der Waals surface area contributed by atoms with Crippen LogP contribution in [-0.4, -0.2) is 41.6 Å². The SMILES string of the molecule is CC(C)(C)OC(=O)N[C@@H]1CCCN(C(=O)c2c(F)ccc(F)c2Br)C1. The summed E-state index contributed by atoms with van der Waals surface area (Å²) in [7, 11) is 0. The minimum atomic E-state index is -0.791. The summed E-state index contributed by atoms with van der Waals surface area (Å²) in [5.74, 6) is -2.11. The number of halogens is 3. The van der Waals surface area contributed by atoms with Gasteiger partial charge in [0, 0.05) is 19.1 Å². The van der Waals surface area contributed by atoms with Gasteiger partial charge in [-0.2, -0.15) is 0 Å². The van der Waals surface area contributed by atoms with Crippen molar-refractivity contribution in [3.05, 3.63) is 33.8 Å². The maximum atomic E-state index is 14.0. The number of nitrogens with zero attached hydrogens (tertiary/aromatic N) is 1. The van der Waals surface area contributed by atoms with Crippen LogP contribution in [0.4, 0.5) is 13.6 Å². The van der Waals surface area contributed by atoms with E-state index in [4.69, 9.17) is 4.74 Å². The highest BCUT2D eigenvalue weighted by Gasteiger charge is 2.30. The van der Waals surface area contributed by atoms with E-state index in [9.17, 15) is 18.4 Å². The molecule has 1 heterocycles. The number of benzene rings is 1. The van der Waals surface area contributed by atoms with Gasteiger partial charge in [0.15, 0.2) is 0 Å². The molecule has 2 amide bonds. The van der Waals surface area contributed by atoms with E-state index in [0.29, 0.717) is 19.4 Å². The average molecular weight is 419 g/mol. The first-order chi connectivity index (χ1) is 11.6. The first-order valence-electron chi connectivity index (χ1n) is 8.01. The molecule has 1 aromatic rings. The van der Waals surface area contributed by atoms with Crippen LogP contribution >= 0.6 is 15.9 Å². The molecule has 1 fully saturated rings. The first kappa shape index (κ1) is 19.6. The van der Waals surface area contributed by atoms with E-state index < -0.39 is 29.2 Å². The summed E-state index contributed by atoms with van der Waals surface area (Å²) >= 11 is 2.93. The van der Waals surface area contributed by atoms with Gasteiger partial charge < -0.3 is 15.0 Å². The molecular formula is C17H21BrF2N2O3. The summed E-state index contributed by atoms with van der Waals surface area (Å²) in [5, 5.41) is 2.72. The molecule has 0 radical (unpaired) electrons. The Labute approximate surface area is 153 Å². The molecule has 138 valence electrons. The number of nitrogens with one attached hydrogen (secondary N) is 1. The van der Waals surface area contributed by atoms with E-state index >= 15 is 0 Å². The third kappa shape index (κ3) is 5.14. The number of carbonyl (C=O) groups excluding carboxylic acids is 2. The van der Waals surface area contributed by atoms with Crippen LogP contribution in [0, 0.1) is 11.6 Å². The molecule has 0 bridgehead atoms. The summed E-state index contributed by atoms with van der Waals surface area (Å²) in [4.78, 5) is 25.9. The third-order valence-corrected chi connectivity index (χ3v) is 4.46. The number of hydrogen-bond acceptors (Lipinski definition) is 3. The van der Waals surface area contributed by atoms with Gasteiger partial charge in [-0.25, -0.2) is 13.6 Å². The quantitative estimate of drug-likeness (QED) is 0.741. The number of hydrogen-bond donors (Lipinski definition) is 1. The topological polar surface area (TPSA) is 58.6 Å². The number of piperidine rings is 1. The molecule has 1 aliphatic rings. The molecule has 1 atom stereocenters. The Morgan fingerprint density at radius 1 is 1.28 bits per heavy atom. The van der Waals surface area contributed by atoms with Gasteiger partial charge in [-0.1, -0.05) is 0 Å². The van der Waals surface area contributed by atoms with E-state index in [1.165, 1.54) is 4.90 Å². The van der Waals surface area contributed by atoms with Gasteiger partial charge in [0.2, 0.25) is 0 Å². The van der Waals surface area contributed by atoms with Crippen molar-refractivity contribution >= 4 is 27.9 Å². The van der Waals surface area contributed by atoms with Crippen molar-refractivity contribution < 1.29 is 23.1 Å². The zero-order chi connectivity index (χ0) is 18.8. The van der Waals surface area contributed by atoms with E-state index in [1.807, 2.05) is 0 Å². The lowest BCUT2D eigenvalue weighted by molar-refractivity contribution is 0.0451. The van der Waals surface area contributed by atoms with Crippen molar-refractivity contribution in [2.24, 2.45) is 0 Å². The van der Waals surface area contributed by atoms with Crippen LogP contribution in [0.2, 0.25) is 0 Å². The Hall–Kier alpha value is -1.70. The Morgan fingerprint density at radius 3 is 2.56 bits per heavy atom. The summed E-state index contributed by atoms with van der Waals surface area (Å²) in [6.45, 7) is 5.89. The molecule has 0 saturated carbocycles. The monoisotopic (exact) mass is 418 g/mol. The predicted molar refractivity (Wildman–Crippen MR) is 92.4 cm³/mol. The van der Waals surface area contributed by atoms with Crippen LogP contribution in [0.5, 0.6) is 0 Å². The molecule has 5 nitrogen and oxygen atoms in total. The number of carbonyl (C=O) groups is 2. The largest absolute Gasteiger partial charge is 0.444 e. The average Bonchev–Trinajstić information content (AvgIpc) is 2.49. The highest BCUT2D eigenvalue weighted by molar-refractivity contribution is 9.10. The van der Waals surface area contributed by atoms with Crippen molar-refractivity contribution in [2.45, 2.75) is 45.3 Å². The van der Waals surface area contributed by atoms with Gasteiger partial charge >= 0.3 is 6.09 Å². The smallest absolute Gasteiger partial charge is 0.407 e. The number of rotatable bonds is 2. The highest BCUT2D eigenvalue weighted by Crippen LogP contribution is 2.26. The molecule has 1 aliphatic heterocycles. The lowest BCUT2D eigenvalue weighted by Crippen LogP contribution is -2.50. The van der Waals surface area contributed by atoms with Crippen molar-refractivity contribution in [3.63, 3.8) is 0 Å². The second-order valence-corrected chi connectivity index (χ2v) is 7.75. The molecule has 1 aromatic carbocycles. The highest BCUT2D eigenvalue weighted by atomic mass is 79.9. The second kappa shape index (κ2) is 7.68. The normalized spacial score (nSPS) is 18.0. The Bertz CT molecular complexity index is 677. The fraction of sp³-hybridized carbons (Fsp3) is 0.529. The van der Waals surface area contributed by atoms with Crippen LogP contribution < -0.4 is 5.32 Å². The van der Waals surface area contributed by atoms with Crippen LogP contribution in [0.1, 0.15) is 44.0 Å². The first-order valence-corrected chi connectivity index (χ1v) is 8.80. The number of amides is 2. The molecule has 0 unspecified atom stereocenters. The minimum absolute atomic E-state index is 0.195. The zero-order valence-electron chi connectivity index (χ0n) is 14.4. The van der Waals surface area contributed by atoms with Gasteiger partial charge in [-0.3, -0.25) is 4.79 Å². The fourth-order valence-electron chi connectivity index (χ4n) is 2.63. The van der Waals surface area contributed by atoms with Crippen molar-refractivity contribution in [3.8, 4) is 0 Å². The Balaban J connectivity index is 2.07. The summed E-state index contributed by atoms with van der Waals surface area (Å²) in [6, 6.07) is 1.58. The fourth-order valence-corrected chi connectivity index (χ4v) is 3.13. The summed E-state index contributed by atoms with van der Waals surface area (Å²) in [6.07, 6.45) is 0.751. The zero-order valence-corrected chi connectivity index (χ0v) is 16.0. The van der Waals surface area contributed by atoms with E-state index in [2.05, 4.69) is 21.2 Å². The molecule has 8 heteroatoms. The van der Waals surface area contributed by atoms with Crippen molar-refractivity contribution in [1.82, 2.24) is 10.2 Å². The minimum Gasteiger partial charge on any atom is -0.444 e. The van der Waals surface area contributed by atoms with Gasteiger partial charge in [-0.15, -0.1) is 0 Å². The van der Waals surface area contributed by atoms with Crippen molar-refractivity contribution in [2.75, 3.05) is 13.1 Å². The maximum absolute atomic E-state index is 14.0. The number of likely N-dealkylation sites (tertiary alicyclic amines) is 1. The molecule has 0 aromatic heterocycles. The molecule has 0 aliphatic carbocycles. The molecule has 25 heavy (non-hydrogen) atoms. The number of ether oxygens (including phenoxy) is 1. The third-order valence-electron chi connectivity index (χ3n) is 3.69. The van der Waals surface area contributed by atoms with Gasteiger partial charge in [0.05, 0.1) is 10.0 Å². The van der Waals surface area contributed by atoms with Gasteiger partial charge in [0.25, 0.3) is 5.91 Å². The molecule has 0 spiro atoms. The van der Waals surface area contributed by atoms with Gasteiger partial charge in [0.1, 0.15) is 17.2 Å².